The highest BCUT2D eigenvalue weighted by atomic mass is 16.6. The SMILES string of the molecule is O=C(Cc1ccc2c(c1)OCCO2)Nc1ccccc1-n1cccn1. The van der Waals surface area contributed by atoms with Crippen molar-refractivity contribution in [2.75, 3.05) is 18.5 Å². The van der Waals surface area contributed by atoms with Crippen molar-refractivity contribution in [2.45, 2.75) is 6.42 Å². The van der Waals surface area contributed by atoms with E-state index in [2.05, 4.69) is 10.4 Å². The van der Waals surface area contributed by atoms with Gasteiger partial charge in [-0.3, -0.25) is 4.79 Å². The van der Waals surface area contributed by atoms with Gasteiger partial charge in [-0.1, -0.05) is 18.2 Å². The van der Waals surface area contributed by atoms with Crippen LogP contribution in [-0.2, 0) is 11.2 Å². The van der Waals surface area contributed by atoms with E-state index < -0.39 is 0 Å². The molecule has 0 aliphatic carbocycles. The molecule has 0 fully saturated rings. The van der Waals surface area contributed by atoms with Gasteiger partial charge >= 0.3 is 0 Å². The molecule has 0 spiro atoms. The van der Waals surface area contributed by atoms with E-state index in [-0.39, 0.29) is 12.3 Å². The Balaban J connectivity index is 1.50. The van der Waals surface area contributed by atoms with Crippen molar-refractivity contribution in [3.63, 3.8) is 0 Å². The molecule has 1 N–H and O–H groups in total. The van der Waals surface area contributed by atoms with Gasteiger partial charge in [-0.2, -0.15) is 5.10 Å². The van der Waals surface area contributed by atoms with Crippen LogP contribution in [0.4, 0.5) is 5.69 Å². The van der Waals surface area contributed by atoms with Crippen molar-refractivity contribution in [1.29, 1.82) is 0 Å². The summed E-state index contributed by atoms with van der Waals surface area (Å²) < 4.78 is 12.8. The third-order valence-electron chi connectivity index (χ3n) is 3.90. The molecule has 0 radical (unpaired) electrons. The highest BCUT2D eigenvalue weighted by molar-refractivity contribution is 5.94. The Morgan fingerprint density at radius 2 is 1.92 bits per heavy atom. The van der Waals surface area contributed by atoms with Crippen LogP contribution in [0.15, 0.2) is 60.9 Å². The van der Waals surface area contributed by atoms with Gasteiger partial charge in [-0.15, -0.1) is 0 Å². The normalized spacial score (nSPS) is 12.6. The molecule has 126 valence electrons. The summed E-state index contributed by atoms with van der Waals surface area (Å²) in [5.41, 5.74) is 2.41. The Morgan fingerprint density at radius 1 is 1.08 bits per heavy atom. The van der Waals surface area contributed by atoms with E-state index in [9.17, 15) is 4.79 Å². The average Bonchev–Trinajstić information content (AvgIpc) is 3.16. The second-order valence-electron chi connectivity index (χ2n) is 5.67. The quantitative estimate of drug-likeness (QED) is 0.796. The number of hydrogen-bond donors (Lipinski definition) is 1. The van der Waals surface area contributed by atoms with Gasteiger partial charge in [0.1, 0.15) is 13.2 Å². The number of carbonyl (C=O) groups is 1. The van der Waals surface area contributed by atoms with Crippen LogP contribution in [0.2, 0.25) is 0 Å². The van der Waals surface area contributed by atoms with Gasteiger partial charge in [0, 0.05) is 12.4 Å². The number of anilines is 1. The molecule has 25 heavy (non-hydrogen) atoms. The van der Waals surface area contributed by atoms with E-state index in [0.717, 1.165) is 17.0 Å². The number of rotatable bonds is 4. The zero-order valence-electron chi connectivity index (χ0n) is 13.5. The lowest BCUT2D eigenvalue weighted by molar-refractivity contribution is -0.115. The van der Waals surface area contributed by atoms with Crippen LogP contribution in [0.3, 0.4) is 0 Å². The molecule has 0 atom stereocenters. The minimum atomic E-state index is -0.101. The Bertz CT molecular complexity index is 891. The molecule has 3 aromatic rings. The molecule has 0 unspecified atom stereocenters. The maximum atomic E-state index is 12.5. The standard InChI is InChI=1S/C19H17N3O3/c23-19(13-14-6-7-17-18(12-14)25-11-10-24-17)21-15-4-1-2-5-16(15)22-9-3-8-20-22/h1-9,12H,10-11,13H2,(H,21,23). The number of hydrogen-bond acceptors (Lipinski definition) is 4. The van der Waals surface area contributed by atoms with Gasteiger partial charge in [0.15, 0.2) is 11.5 Å². The molecule has 1 aliphatic rings. The predicted molar refractivity (Wildman–Crippen MR) is 93.3 cm³/mol. The summed E-state index contributed by atoms with van der Waals surface area (Å²) in [4.78, 5) is 12.5. The summed E-state index contributed by atoms with van der Waals surface area (Å²) in [5, 5.41) is 7.18. The zero-order valence-corrected chi connectivity index (χ0v) is 13.5. The Morgan fingerprint density at radius 3 is 2.76 bits per heavy atom. The first-order valence-corrected chi connectivity index (χ1v) is 8.07. The molecule has 1 aliphatic heterocycles. The van der Waals surface area contributed by atoms with Crippen LogP contribution in [0.1, 0.15) is 5.56 Å². The minimum Gasteiger partial charge on any atom is -0.486 e. The van der Waals surface area contributed by atoms with Gasteiger partial charge in [-0.05, 0) is 35.9 Å². The number of nitrogens with one attached hydrogen (secondary N) is 1. The number of fused-ring (bicyclic) bond motifs is 1. The van der Waals surface area contributed by atoms with Crippen LogP contribution in [0.5, 0.6) is 11.5 Å². The van der Waals surface area contributed by atoms with Gasteiger partial charge in [0.25, 0.3) is 0 Å². The molecule has 6 nitrogen and oxygen atoms in total. The molecular formula is C19H17N3O3. The second kappa shape index (κ2) is 6.68. The van der Waals surface area contributed by atoms with Gasteiger partial charge in [-0.25, -0.2) is 4.68 Å². The number of nitrogens with zero attached hydrogens (tertiary/aromatic N) is 2. The highest BCUT2D eigenvalue weighted by Gasteiger charge is 2.14. The fourth-order valence-corrected chi connectivity index (χ4v) is 2.77. The summed E-state index contributed by atoms with van der Waals surface area (Å²) in [5.74, 6) is 1.31. The van der Waals surface area contributed by atoms with Gasteiger partial charge in [0.05, 0.1) is 17.8 Å². The number of para-hydroxylation sites is 2. The summed E-state index contributed by atoms with van der Waals surface area (Å²) in [7, 11) is 0. The van der Waals surface area contributed by atoms with Crippen molar-refractivity contribution in [1.82, 2.24) is 9.78 Å². The van der Waals surface area contributed by atoms with Crippen molar-refractivity contribution < 1.29 is 14.3 Å². The highest BCUT2D eigenvalue weighted by Crippen LogP contribution is 2.31. The van der Waals surface area contributed by atoms with E-state index in [1.54, 1.807) is 10.9 Å². The summed E-state index contributed by atoms with van der Waals surface area (Å²) in [6, 6.07) is 15.0. The van der Waals surface area contributed by atoms with Crippen molar-refractivity contribution >= 4 is 11.6 Å². The van der Waals surface area contributed by atoms with Crippen molar-refractivity contribution in [3.05, 3.63) is 66.5 Å². The second-order valence-corrected chi connectivity index (χ2v) is 5.67. The molecule has 4 rings (SSSR count). The summed E-state index contributed by atoms with van der Waals surface area (Å²) in [6.45, 7) is 1.08. The summed E-state index contributed by atoms with van der Waals surface area (Å²) >= 11 is 0. The number of ether oxygens (including phenoxy) is 2. The lowest BCUT2D eigenvalue weighted by Crippen LogP contribution is -2.17. The van der Waals surface area contributed by atoms with E-state index in [1.165, 1.54) is 0 Å². The topological polar surface area (TPSA) is 65.4 Å². The van der Waals surface area contributed by atoms with Crippen LogP contribution >= 0.6 is 0 Å². The van der Waals surface area contributed by atoms with E-state index in [0.29, 0.717) is 24.7 Å². The zero-order chi connectivity index (χ0) is 17.1. The largest absolute Gasteiger partial charge is 0.486 e. The van der Waals surface area contributed by atoms with Crippen LogP contribution in [0.25, 0.3) is 5.69 Å². The molecule has 1 aromatic heterocycles. The van der Waals surface area contributed by atoms with Crippen LogP contribution in [0, 0.1) is 0 Å². The molecule has 1 amide bonds. The van der Waals surface area contributed by atoms with E-state index in [4.69, 9.17) is 9.47 Å². The molecule has 2 aromatic carbocycles. The van der Waals surface area contributed by atoms with Crippen LogP contribution in [-0.4, -0.2) is 28.9 Å². The Labute approximate surface area is 145 Å². The van der Waals surface area contributed by atoms with Crippen molar-refractivity contribution in [3.8, 4) is 17.2 Å². The molecular weight excluding hydrogens is 318 g/mol. The Hall–Kier alpha value is -3.28. The molecule has 6 heteroatoms. The monoisotopic (exact) mass is 335 g/mol. The smallest absolute Gasteiger partial charge is 0.228 e. The fraction of sp³-hybridized carbons (Fsp3) is 0.158. The lowest BCUT2D eigenvalue weighted by atomic mass is 10.1. The number of aromatic nitrogens is 2. The Kier molecular flexibility index (Phi) is 4.08. The first kappa shape index (κ1) is 15.3. The van der Waals surface area contributed by atoms with E-state index in [1.807, 2.05) is 54.7 Å². The predicted octanol–water partition coefficient (Wildman–Crippen LogP) is 2.82. The number of carbonyl (C=O) groups excluding carboxylic acids is 1. The lowest BCUT2D eigenvalue weighted by Gasteiger charge is -2.18. The molecule has 0 saturated carbocycles. The number of benzene rings is 2. The average molecular weight is 335 g/mol. The maximum Gasteiger partial charge on any atom is 0.228 e. The fourth-order valence-electron chi connectivity index (χ4n) is 2.77. The van der Waals surface area contributed by atoms with Gasteiger partial charge in [0.2, 0.25) is 5.91 Å². The van der Waals surface area contributed by atoms with Crippen LogP contribution < -0.4 is 14.8 Å². The molecule has 2 heterocycles. The third-order valence-corrected chi connectivity index (χ3v) is 3.90. The summed E-state index contributed by atoms with van der Waals surface area (Å²) in [6.07, 6.45) is 3.80. The van der Waals surface area contributed by atoms with Crippen molar-refractivity contribution in [2.24, 2.45) is 0 Å². The van der Waals surface area contributed by atoms with Gasteiger partial charge < -0.3 is 14.8 Å². The number of amides is 1. The van der Waals surface area contributed by atoms with E-state index >= 15 is 0 Å². The third kappa shape index (κ3) is 3.33. The molecule has 0 bridgehead atoms. The first-order valence-electron chi connectivity index (χ1n) is 8.07. The first-order chi connectivity index (χ1) is 12.3. The molecule has 0 saturated heterocycles. The maximum absolute atomic E-state index is 12.5. The minimum absolute atomic E-state index is 0.101.